The third-order valence-electron chi connectivity index (χ3n) is 4.49. The lowest BCUT2D eigenvalue weighted by Gasteiger charge is -2.11. The van der Waals surface area contributed by atoms with Gasteiger partial charge in [0.1, 0.15) is 5.75 Å². The highest BCUT2D eigenvalue weighted by molar-refractivity contribution is 7.92. The van der Waals surface area contributed by atoms with Crippen molar-refractivity contribution < 1.29 is 46.1 Å². The van der Waals surface area contributed by atoms with Gasteiger partial charge in [-0.1, -0.05) is 12.1 Å². The van der Waals surface area contributed by atoms with Gasteiger partial charge in [0.25, 0.3) is 10.0 Å². The van der Waals surface area contributed by atoms with Crippen LogP contribution in [0.1, 0.15) is 20.8 Å². The van der Waals surface area contributed by atoms with E-state index in [4.69, 9.17) is 9.84 Å². The number of ether oxygens (including phenoxy) is 1. The van der Waals surface area contributed by atoms with Gasteiger partial charge >= 0.3 is 18.1 Å². The molecule has 0 unspecified atom stereocenters. The Morgan fingerprint density at radius 3 is 2.29 bits per heavy atom. The highest BCUT2D eigenvalue weighted by Crippen LogP contribution is 2.42. The van der Waals surface area contributed by atoms with Crippen molar-refractivity contribution in [1.82, 2.24) is 0 Å². The molecule has 180 valence electrons. The average molecular weight is 515 g/mol. The Labute approximate surface area is 195 Å². The predicted molar refractivity (Wildman–Crippen MR) is 117 cm³/mol. The Bertz CT molecular complexity index is 1350. The average Bonchev–Trinajstić information content (AvgIpc) is 3.08. The summed E-state index contributed by atoms with van der Waals surface area (Å²) in [4.78, 5) is 22.2. The number of hydrogen-bond acceptors (Lipinski definition) is 6. The van der Waals surface area contributed by atoms with E-state index in [1.165, 1.54) is 25.1 Å². The number of aliphatic carboxylic acids is 1. The quantitative estimate of drug-likeness (QED) is 0.396. The van der Waals surface area contributed by atoms with E-state index < -0.39 is 40.3 Å². The summed E-state index contributed by atoms with van der Waals surface area (Å²) in [5.74, 6) is -2.72. The Kier molecular flexibility index (Phi) is 6.89. The molecule has 1 heterocycles. The maximum Gasteiger partial charge on any atom is 0.416 e. The zero-order valence-corrected chi connectivity index (χ0v) is 18.8. The van der Waals surface area contributed by atoms with E-state index in [-0.39, 0.29) is 21.2 Å². The molecule has 0 amide bonds. The zero-order chi connectivity index (χ0) is 25.3. The minimum absolute atomic E-state index is 0.0788. The molecule has 0 spiro atoms. The monoisotopic (exact) mass is 515 g/mol. The van der Waals surface area contributed by atoms with Gasteiger partial charge in [0.05, 0.1) is 10.5 Å². The number of hydrogen-bond donors (Lipinski definition) is 3. The first-order valence-electron chi connectivity index (χ1n) is 9.31. The minimum Gasteiger partial charge on any atom is -0.480 e. The number of alkyl halides is 3. The third-order valence-corrected chi connectivity index (χ3v) is 7.20. The number of carbonyl (C=O) groups is 2. The van der Waals surface area contributed by atoms with Gasteiger partial charge in [-0.05, 0) is 48.9 Å². The molecular weight excluding hydrogens is 499 g/mol. The lowest BCUT2D eigenvalue weighted by molar-refractivity contribution is -0.139. The molecule has 0 saturated carbocycles. The van der Waals surface area contributed by atoms with Crippen molar-refractivity contribution in [3.8, 4) is 16.2 Å². The largest absolute Gasteiger partial charge is 0.480 e. The lowest BCUT2D eigenvalue weighted by atomic mass is 10.1. The summed E-state index contributed by atoms with van der Waals surface area (Å²) in [5.41, 5.74) is -0.138. The number of anilines is 1. The minimum atomic E-state index is -4.61. The highest BCUT2D eigenvalue weighted by Gasteiger charge is 2.30. The van der Waals surface area contributed by atoms with Crippen molar-refractivity contribution >= 4 is 39.0 Å². The van der Waals surface area contributed by atoms with Crippen LogP contribution in [-0.4, -0.2) is 37.2 Å². The van der Waals surface area contributed by atoms with Gasteiger partial charge in [0, 0.05) is 16.1 Å². The summed E-state index contributed by atoms with van der Waals surface area (Å²) in [6, 6.07) is 8.89. The van der Waals surface area contributed by atoms with Crippen LogP contribution in [0.4, 0.5) is 18.9 Å². The SMILES string of the molecule is Cc1c(-c2cccc(NS(=O)(=O)c3ccc(C(F)(F)F)cc3)c2)sc(C(=O)O)c1OCC(=O)O. The number of halogens is 3. The van der Waals surface area contributed by atoms with E-state index in [9.17, 15) is 36.3 Å². The predicted octanol–water partition coefficient (Wildman–Crippen LogP) is 4.70. The molecule has 8 nitrogen and oxygen atoms in total. The van der Waals surface area contributed by atoms with Crippen LogP contribution in [0, 0.1) is 6.92 Å². The van der Waals surface area contributed by atoms with Crippen LogP contribution in [0.15, 0.2) is 53.4 Å². The summed E-state index contributed by atoms with van der Waals surface area (Å²) in [5, 5.41) is 18.3. The molecule has 13 heteroatoms. The first-order chi connectivity index (χ1) is 15.8. The number of carboxylic acid groups (broad SMARTS) is 2. The van der Waals surface area contributed by atoms with Gasteiger partial charge in [-0.25, -0.2) is 18.0 Å². The maximum atomic E-state index is 12.7. The van der Waals surface area contributed by atoms with Crippen LogP contribution in [0.3, 0.4) is 0 Å². The summed E-state index contributed by atoms with van der Waals surface area (Å²) in [6.45, 7) is 0.790. The fourth-order valence-corrected chi connectivity index (χ4v) is 5.12. The molecule has 3 N–H and O–H groups in total. The number of thiophene rings is 1. The summed E-state index contributed by atoms with van der Waals surface area (Å²) < 4.78 is 70.9. The van der Waals surface area contributed by atoms with Gasteiger partial charge in [0.2, 0.25) is 0 Å². The smallest absolute Gasteiger partial charge is 0.416 e. The van der Waals surface area contributed by atoms with Crippen LogP contribution >= 0.6 is 11.3 Å². The number of sulfonamides is 1. The first-order valence-corrected chi connectivity index (χ1v) is 11.6. The van der Waals surface area contributed by atoms with Crippen LogP contribution in [0.2, 0.25) is 0 Å². The van der Waals surface area contributed by atoms with Crippen molar-refractivity contribution in [2.75, 3.05) is 11.3 Å². The molecule has 0 radical (unpaired) electrons. The molecule has 34 heavy (non-hydrogen) atoms. The summed E-state index contributed by atoms with van der Waals surface area (Å²) in [7, 11) is -4.22. The fourth-order valence-electron chi connectivity index (χ4n) is 2.98. The Morgan fingerprint density at radius 2 is 1.74 bits per heavy atom. The Morgan fingerprint density at radius 1 is 1.09 bits per heavy atom. The van der Waals surface area contributed by atoms with Crippen molar-refractivity contribution in [3.05, 3.63) is 64.5 Å². The normalized spacial score (nSPS) is 11.8. The number of aromatic carboxylic acids is 1. The van der Waals surface area contributed by atoms with Crippen LogP contribution in [0.25, 0.3) is 10.4 Å². The van der Waals surface area contributed by atoms with Gasteiger partial charge in [-0.2, -0.15) is 13.2 Å². The third kappa shape index (κ3) is 5.48. The summed E-state index contributed by atoms with van der Waals surface area (Å²) >= 11 is 0.825. The van der Waals surface area contributed by atoms with Crippen molar-refractivity contribution in [1.29, 1.82) is 0 Å². The van der Waals surface area contributed by atoms with Gasteiger partial charge < -0.3 is 14.9 Å². The van der Waals surface area contributed by atoms with Crippen molar-refractivity contribution in [2.24, 2.45) is 0 Å². The van der Waals surface area contributed by atoms with E-state index in [0.717, 1.165) is 23.5 Å². The highest BCUT2D eigenvalue weighted by atomic mass is 32.2. The molecule has 0 aliphatic rings. The molecule has 3 aromatic rings. The molecule has 0 atom stereocenters. The Hall–Kier alpha value is -3.58. The molecule has 3 rings (SSSR count). The van der Waals surface area contributed by atoms with Gasteiger partial charge in [0.15, 0.2) is 11.5 Å². The van der Waals surface area contributed by atoms with Crippen molar-refractivity contribution in [3.63, 3.8) is 0 Å². The molecule has 1 aromatic heterocycles. The molecule has 2 aromatic carbocycles. The van der Waals surface area contributed by atoms with E-state index in [1.807, 2.05) is 0 Å². The lowest BCUT2D eigenvalue weighted by Crippen LogP contribution is -2.13. The van der Waals surface area contributed by atoms with Crippen LogP contribution in [-0.2, 0) is 21.0 Å². The van der Waals surface area contributed by atoms with Crippen LogP contribution < -0.4 is 9.46 Å². The molecular formula is C21H16F3NO7S2. The summed E-state index contributed by atoms with van der Waals surface area (Å²) in [6.07, 6.45) is -4.61. The van der Waals surface area contributed by atoms with E-state index in [1.54, 1.807) is 6.07 Å². The Balaban J connectivity index is 1.93. The maximum absolute atomic E-state index is 12.7. The van der Waals surface area contributed by atoms with E-state index >= 15 is 0 Å². The molecule has 0 aliphatic carbocycles. The first kappa shape index (κ1) is 25.1. The molecule has 0 bridgehead atoms. The van der Waals surface area contributed by atoms with Crippen molar-refractivity contribution in [2.45, 2.75) is 18.0 Å². The second kappa shape index (κ2) is 9.35. The van der Waals surface area contributed by atoms with E-state index in [0.29, 0.717) is 28.1 Å². The number of benzene rings is 2. The van der Waals surface area contributed by atoms with Crippen LogP contribution in [0.5, 0.6) is 5.75 Å². The molecule has 0 fully saturated rings. The molecule has 0 saturated heterocycles. The van der Waals surface area contributed by atoms with E-state index in [2.05, 4.69) is 4.72 Å². The number of rotatable bonds is 8. The topological polar surface area (TPSA) is 130 Å². The second-order valence-electron chi connectivity index (χ2n) is 6.91. The fraction of sp³-hybridized carbons (Fsp3) is 0.143. The van der Waals surface area contributed by atoms with Gasteiger partial charge in [-0.3, -0.25) is 4.72 Å². The standard InChI is InChI=1S/C21H16F3NO7S2/c1-11-17(32-10-16(26)27)19(20(28)29)33-18(11)12-3-2-4-14(9-12)25-34(30,31)15-7-5-13(6-8-15)21(22,23)24/h2-9,25H,10H2,1H3,(H,26,27)(H,28,29). The number of nitrogens with one attached hydrogen (secondary N) is 1. The van der Waals surface area contributed by atoms with Gasteiger partial charge in [-0.15, -0.1) is 11.3 Å². The molecule has 0 aliphatic heterocycles. The second-order valence-corrected chi connectivity index (χ2v) is 9.61. The number of carboxylic acids is 2. The zero-order valence-electron chi connectivity index (χ0n) is 17.2.